The van der Waals surface area contributed by atoms with Gasteiger partial charge in [0.25, 0.3) is 0 Å². The van der Waals surface area contributed by atoms with Crippen molar-refractivity contribution in [2.45, 2.75) is 38.0 Å². The fraction of sp³-hybridized carbons (Fsp3) is 0.103. The summed E-state index contributed by atoms with van der Waals surface area (Å²) in [5, 5.41) is 5.45. The Kier molecular flexibility index (Phi) is 7.12. The molecule has 2 unspecified atom stereocenters. The van der Waals surface area contributed by atoms with E-state index in [1.54, 1.807) is 0 Å². The zero-order valence-corrected chi connectivity index (χ0v) is 33.1. The van der Waals surface area contributed by atoms with E-state index in [0.29, 0.717) is 5.92 Å². The van der Waals surface area contributed by atoms with E-state index in [-0.39, 0.29) is 11.3 Å². The van der Waals surface area contributed by atoms with Gasteiger partial charge in [0, 0.05) is 11.3 Å². The maximum Gasteiger partial charge on any atom is 0.0290 e. The van der Waals surface area contributed by atoms with E-state index in [9.17, 15) is 0 Å². The summed E-state index contributed by atoms with van der Waals surface area (Å²) in [5.74, 6) is 0.420. The van der Waals surface area contributed by atoms with E-state index < -0.39 is 0 Å². The Balaban J connectivity index is 1.30. The lowest BCUT2D eigenvalue weighted by Crippen LogP contribution is -2.36. The highest BCUT2D eigenvalue weighted by atomic mass is 14.5. The van der Waals surface area contributed by atoms with Crippen LogP contribution < -0.4 is 0 Å². The molecule has 3 aliphatic carbocycles. The lowest BCUT2D eigenvalue weighted by Gasteiger charge is -2.45. The SMILES string of the molecule is CC(C)c1cc2c3c(ccc4c3c1C1C4=C(c3ccccc3)c3ccccc3C1(C)c1ccccc1)-c1c-2c(-c2ccccc2)c2ccccc2c1-c1ccccc1. The minimum atomic E-state index is -0.317. The van der Waals surface area contributed by atoms with Gasteiger partial charge < -0.3 is 0 Å². The molecule has 0 saturated carbocycles. The Morgan fingerprint density at radius 1 is 0.431 bits per heavy atom. The molecule has 9 aromatic carbocycles. The normalized spacial score (nSPS) is 17.2. The molecule has 0 heteroatoms. The van der Waals surface area contributed by atoms with Crippen molar-refractivity contribution in [1.82, 2.24) is 0 Å². The minimum absolute atomic E-state index is 0.113. The van der Waals surface area contributed by atoms with Crippen LogP contribution >= 0.6 is 0 Å². The lowest BCUT2D eigenvalue weighted by molar-refractivity contribution is 0.516. The predicted molar refractivity (Wildman–Crippen MR) is 245 cm³/mol. The van der Waals surface area contributed by atoms with Gasteiger partial charge in [-0.2, -0.15) is 0 Å². The van der Waals surface area contributed by atoms with Gasteiger partial charge in [0.1, 0.15) is 0 Å². The van der Waals surface area contributed by atoms with Crippen molar-refractivity contribution < 1.29 is 0 Å². The maximum atomic E-state index is 2.63. The maximum absolute atomic E-state index is 2.63. The zero-order valence-electron chi connectivity index (χ0n) is 33.1. The van der Waals surface area contributed by atoms with Gasteiger partial charge in [-0.25, -0.2) is 0 Å². The monoisotopic (exact) mass is 738 g/mol. The summed E-state index contributed by atoms with van der Waals surface area (Å²) < 4.78 is 0. The largest absolute Gasteiger partial charge is 0.0622 e. The van der Waals surface area contributed by atoms with Crippen molar-refractivity contribution in [2.24, 2.45) is 0 Å². The number of rotatable bonds is 5. The molecule has 0 fully saturated rings. The standard InChI is InChI=1S/C58H42/c1-35(2)45-34-46-51-43(52-48(36-20-8-4-9-21-36)40-28-16-17-29-41(40)49(54(46)52)37-22-10-5-11-23-37)32-33-44-53(51)56(45)57-55(44)50(38-24-12-6-13-25-38)42-30-18-19-31-47(42)58(57,3)39-26-14-7-15-27-39/h4-35,57H,1-3H3. The van der Waals surface area contributed by atoms with Crippen molar-refractivity contribution in [1.29, 1.82) is 0 Å². The quantitative estimate of drug-likeness (QED) is 0.165. The van der Waals surface area contributed by atoms with Gasteiger partial charge in [-0.3, -0.25) is 0 Å². The van der Waals surface area contributed by atoms with E-state index in [4.69, 9.17) is 0 Å². The number of hydrogen-bond acceptors (Lipinski definition) is 0. The Labute approximate surface area is 340 Å². The van der Waals surface area contributed by atoms with Crippen molar-refractivity contribution >= 4 is 32.7 Å². The van der Waals surface area contributed by atoms with Crippen molar-refractivity contribution in [2.75, 3.05) is 0 Å². The van der Waals surface area contributed by atoms with E-state index >= 15 is 0 Å². The van der Waals surface area contributed by atoms with Crippen LogP contribution in [-0.4, -0.2) is 0 Å². The number of allylic oxidation sites excluding steroid dienone is 1. The summed E-state index contributed by atoms with van der Waals surface area (Å²) in [5.41, 5.74) is 22.9. The third-order valence-corrected chi connectivity index (χ3v) is 13.8. The van der Waals surface area contributed by atoms with Gasteiger partial charge in [-0.1, -0.05) is 203 Å². The smallest absolute Gasteiger partial charge is 0.0290 e. The van der Waals surface area contributed by atoms with Gasteiger partial charge in [0.2, 0.25) is 0 Å². The van der Waals surface area contributed by atoms with Crippen molar-refractivity contribution in [3.8, 4) is 44.5 Å². The molecule has 0 bridgehead atoms. The first kappa shape index (κ1) is 33.4. The summed E-state index contributed by atoms with van der Waals surface area (Å²) >= 11 is 0. The molecule has 0 nitrogen and oxygen atoms in total. The average Bonchev–Trinajstić information content (AvgIpc) is 3.80. The van der Waals surface area contributed by atoms with Gasteiger partial charge >= 0.3 is 0 Å². The summed E-state index contributed by atoms with van der Waals surface area (Å²) in [6, 6.07) is 70.8. The Morgan fingerprint density at radius 3 is 1.53 bits per heavy atom. The third kappa shape index (κ3) is 4.35. The topological polar surface area (TPSA) is 0 Å². The third-order valence-electron chi connectivity index (χ3n) is 13.8. The second-order valence-electron chi connectivity index (χ2n) is 17.0. The molecule has 58 heavy (non-hydrogen) atoms. The predicted octanol–water partition coefficient (Wildman–Crippen LogP) is 15.5. The van der Waals surface area contributed by atoms with Crippen LogP contribution in [-0.2, 0) is 5.41 Å². The lowest BCUT2D eigenvalue weighted by atomic mass is 9.57. The highest BCUT2D eigenvalue weighted by Crippen LogP contribution is 2.68. The van der Waals surface area contributed by atoms with E-state index in [0.717, 1.165) is 0 Å². The molecule has 0 spiro atoms. The van der Waals surface area contributed by atoms with Crippen LogP contribution in [0.1, 0.15) is 71.6 Å². The van der Waals surface area contributed by atoms with Crippen LogP contribution in [0.4, 0.5) is 0 Å². The van der Waals surface area contributed by atoms with Crippen LogP contribution in [0.5, 0.6) is 0 Å². The summed E-state index contributed by atoms with van der Waals surface area (Å²) in [6.45, 7) is 7.36. The van der Waals surface area contributed by atoms with Gasteiger partial charge in [-0.05, 0) is 128 Å². The summed E-state index contributed by atoms with van der Waals surface area (Å²) in [7, 11) is 0. The van der Waals surface area contributed by atoms with Gasteiger partial charge in [-0.15, -0.1) is 0 Å². The summed E-state index contributed by atoms with van der Waals surface area (Å²) in [6.07, 6.45) is 0. The fourth-order valence-corrected chi connectivity index (χ4v) is 11.5. The molecule has 12 rings (SSSR count). The Bertz CT molecular complexity index is 3170. The van der Waals surface area contributed by atoms with Crippen LogP contribution in [0.2, 0.25) is 0 Å². The Morgan fingerprint density at radius 2 is 0.931 bits per heavy atom. The van der Waals surface area contributed by atoms with Crippen molar-refractivity contribution in [3.63, 3.8) is 0 Å². The molecule has 3 aliphatic rings. The first-order valence-corrected chi connectivity index (χ1v) is 20.8. The van der Waals surface area contributed by atoms with Gasteiger partial charge in [0.15, 0.2) is 0 Å². The highest BCUT2D eigenvalue weighted by Gasteiger charge is 2.52. The van der Waals surface area contributed by atoms with E-state index in [1.165, 1.54) is 116 Å². The molecule has 0 N–H and O–H groups in total. The minimum Gasteiger partial charge on any atom is -0.0622 e. The highest BCUT2D eigenvalue weighted by molar-refractivity contribution is 6.31. The van der Waals surface area contributed by atoms with Gasteiger partial charge in [0.05, 0.1) is 0 Å². The van der Waals surface area contributed by atoms with Crippen LogP contribution in [0, 0.1) is 0 Å². The molecule has 0 saturated heterocycles. The molecular weight excluding hydrogens is 697 g/mol. The number of fused-ring (bicyclic) bond motifs is 8. The molecule has 0 amide bonds. The van der Waals surface area contributed by atoms with Crippen LogP contribution in [0.15, 0.2) is 188 Å². The average molecular weight is 739 g/mol. The second-order valence-corrected chi connectivity index (χ2v) is 17.0. The fourth-order valence-electron chi connectivity index (χ4n) is 11.5. The molecule has 274 valence electrons. The first-order chi connectivity index (χ1) is 28.6. The zero-order chi connectivity index (χ0) is 38.7. The molecule has 0 heterocycles. The Hall–Kier alpha value is -6.76. The molecule has 0 aliphatic heterocycles. The second kappa shape index (κ2) is 12.4. The van der Waals surface area contributed by atoms with E-state index in [1.807, 2.05) is 0 Å². The molecule has 9 aromatic rings. The van der Waals surface area contributed by atoms with Crippen LogP contribution in [0.25, 0.3) is 77.2 Å². The molecule has 0 aromatic heterocycles. The molecular formula is C58H42. The molecule has 2 atom stereocenters. The number of hydrogen-bond donors (Lipinski definition) is 0. The summed E-state index contributed by atoms with van der Waals surface area (Å²) in [4.78, 5) is 0. The van der Waals surface area contributed by atoms with E-state index in [2.05, 4.69) is 209 Å². The van der Waals surface area contributed by atoms with Crippen LogP contribution in [0.3, 0.4) is 0 Å². The number of benzene rings is 9. The first-order valence-electron chi connectivity index (χ1n) is 20.8. The molecule has 0 radical (unpaired) electrons. The van der Waals surface area contributed by atoms with Crippen molar-refractivity contribution in [3.05, 3.63) is 227 Å².